The van der Waals surface area contributed by atoms with Gasteiger partial charge in [0.05, 0.1) is 10.6 Å². The molecule has 0 radical (unpaired) electrons. The first-order valence-electron chi connectivity index (χ1n) is 11.6. The number of hydrogen-bond donors (Lipinski definition) is 0. The predicted octanol–water partition coefficient (Wildman–Crippen LogP) is 5.27. The van der Waals surface area contributed by atoms with Gasteiger partial charge in [-0.15, -0.1) is 0 Å². The van der Waals surface area contributed by atoms with E-state index in [9.17, 15) is 13.2 Å². The zero-order valence-electron chi connectivity index (χ0n) is 19.5. The van der Waals surface area contributed by atoms with Crippen molar-refractivity contribution < 1.29 is 13.2 Å². The van der Waals surface area contributed by atoms with Gasteiger partial charge in [-0.2, -0.15) is 0 Å². The molecule has 0 saturated carbocycles. The van der Waals surface area contributed by atoms with Gasteiger partial charge in [-0.25, -0.2) is 8.42 Å². The Labute approximate surface area is 220 Å². The molecule has 0 N–H and O–H groups in total. The second kappa shape index (κ2) is 10.2. The number of para-hydroxylation sites is 1. The van der Waals surface area contributed by atoms with E-state index in [1.807, 2.05) is 47.4 Å². The average molecular weight is 542 g/mol. The van der Waals surface area contributed by atoms with E-state index in [1.54, 1.807) is 41.1 Å². The predicted molar refractivity (Wildman–Crippen MR) is 145 cm³/mol. The first-order chi connectivity index (χ1) is 17.3. The highest BCUT2D eigenvalue weighted by Gasteiger charge is 2.25. The summed E-state index contributed by atoms with van der Waals surface area (Å²) in [6.07, 6.45) is 1.59. The van der Waals surface area contributed by atoms with Gasteiger partial charge in [-0.3, -0.25) is 4.79 Å². The quantitative estimate of drug-likeness (QED) is 0.333. The Morgan fingerprint density at radius 3 is 2.28 bits per heavy atom. The second-order valence-electron chi connectivity index (χ2n) is 8.87. The molecule has 0 bridgehead atoms. The smallest absolute Gasteiger partial charge is 0.242 e. The highest BCUT2D eigenvalue weighted by atomic mass is 35.5. The number of fused-ring (bicyclic) bond motifs is 1. The van der Waals surface area contributed by atoms with Crippen LogP contribution in [0.25, 0.3) is 10.9 Å². The van der Waals surface area contributed by atoms with Crippen molar-refractivity contribution in [1.29, 1.82) is 0 Å². The third-order valence-electron chi connectivity index (χ3n) is 6.47. The van der Waals surface area contributed by atoms with Crippen molar-refractivity contribution in [3.63, 3.8) is 0 Å². The molecular formula is C27H25Cl2N3O3S. The zero-order valence-corrected chi connectivity index (χ0v) is 21.8. The summed E-state index contributed by atoms with van der Waals surface area (Å²) < 4.78 is 28.4. The number of carbonyl (C=O) groups excluding carboxylic acids is 1. The molecule has 1 aromatic heterocycles. The van der Waals surface area contributed by atoms with E-state index in [2.05, 4.69) is 4.90 Å². The van der Waals surface area contributed by atoms with E-state index in [1.165, 1.54) is 0 Å². The fourth-order valence-corrected chi connectivity index (χ4v) is 6.49. The highest BCUT2D eigenvalue weighted by molar-refractivity contribution is 7.90. The number of sulfone groups is 1. The number of anilines is 1. The Morgan fingerprint density at radius 1 is 0.833 bits per heavy atom. The van der Waals surface area contributed by atoms with Crippen LogP contribution in [0.2, 0.25) is 10.0 Å². The van der Waals surface area contributed by atoms with Crippen LogP contribution < -0.4 is 4.90 Å². The molecule has 0 spiro atoms. The molecule has 4 aromatic rings. The van der Waals surface area contributed by atoms with Gasteiger partial charge in [-0.05, 0) is 42.0 Å². The van der Waals surface area contributed by atoms with E-state index in [0.717, 1.165) is 11.2 Å². The molecule has 36 heavy (non-hydrogen) atoms. The Bertz CT molecular complexity index is 1510. The molecular weight excluding hydrogens is 517 g/mol. The Kier molecular flexibility index (Phi) is 6.97. The van der Waals surface area contributed by atoms with E-state index in [4.69, 9.17) is 23.2 Å². The number of aromatic nitrogens is 1. The Morgan fingerprint density at radius 2 is 1.56 bits per heavy atom. The number of nitrogens with zero attached hydrogens (tertiary/aromatic N) is 3. The minimum absolute atomic E-state index is 0.0388. The molecule has 2 heterocycles. The SMILES string of the molecule is O=C(Cn1cc(S(=O)(=O)Cc2ccc(Cl)cc2)c2ccccc21)N1CCN(c2cccc(Cl)c2)CC1. The Balaban J connectivity index is 1.33. The van der Waals surface area contributed by atoms with Gasteiger partial charge in [0, 0.05) is 59.0 Å². The van der Waals surface area contributed by atoms with E-state index >= 15 is 0 Å². The van der Waals surface area contributed by atoms with Gasteiger partial charge in [0.2, 0.25) is 5.91 Å². The molecule has 0 unspecified atom stereocenters. The summed E-state index contributed by atoms with van der Waals surface area (Å²) >= 11 is 12.1. The summed E-state index contributed by atoms with van der Waals surface area (Å²) in [6, 6.07) is 21.8. The molecule has 1 aliphatic rings. The van der Waals surface area contributed by atoms with Crippen LogP contribution in [-0.2, 0) is 26.9 Å². The van der Waals surface area contributed by atoms with Gasteiger partial charge in [0.15, 0.2) is 9.84 Å². The molecule has 6 nitrogen and oxygen atoms in total. The average Bonchev–Trinajstić information content (AvgIpc) is 3.25. The van der Waals surface area contributed by atoms with Crippen molar-refractivity contribution >= 4 is 55.5 Å². The maximum atomic E-state index is 13.3. The molecule has 0 aliphatic carbocycles. The van der Waals surface area contributed by atoms with E-state index in [-0.39, 0.29) is 23.1 Å². The highest BCUT2D eigenvalue weighted by Crippen LogP contribution is 2.29. The fraction of sp³-hybridized carbons (Fsp3) is 0.222. The first kappa shape index (κ1) is 24.7. The van der Waals surface area contributed by atoms with Gasteiger partial charge < -0.3 is 14.4 Å². The molecule has 3 aromatic carbocycles. The number of hydrogen-bond acceptors (Lipinski definition) is 4. The third kappa shape index (κ3) is 5.24. The maximum Gasteiger partial charge on any atom is 0.242 e. The van der Waals surface area contributed by atoms with Crippen LogP contribution in [0.15, 0.2) is 83.9 Å². The lowest BCUT2D eigenvalue weighted by atomic mass is 10.2. The summed E-state index contributed by atoms with van der Waals surface area (Å²) in [5, 5.41) is 1.86. The fourth-order valence-electron chi connectivity index (χ4n) is 4.60. The molecule has 186 valence electrons. The van der Waals surface area contributed by atoms with Crippen molar-refractivity contribution in [2.24, 2.45) is 0 Å². The number of piperazine rings is 1. The number of rotatable bonds is 6. The van der Waals surface area contributed by atoms with Crippen LogP contribution >= 0.6 is 23.2 Å². The summed E-state index contributed by atoms with van der Waals surface area (Å²) in [6.45, 7) is 2.67. The van der Waals surface area contributed by atoms with Crippen molar-refractivity contribution in [2.75, 3.05) is 31.1 Å². The molecule has 1 fully saturated rings. The van der Waals surface area contributed by atoms with Gasteiger partial charge in [0.1, 0.15) is 6.54 Å². The number of benzene rings is 3. The Hall–Kier alpha value is -3.00. The lowest BCUT2D eigenvalue weighted by molar-refractivity contribution is -0.132. The summed E-state index contributed by atoms with van der Waals surface area (Å²) in [4.78, 5) is 17.5. The normalized spacial score (nSPS) is 14.4. The topological polar surface area (TPSA) is 62.6 Å². The van der Waals surface area contributed by atoms with E-state index < -0.39 is 9.84 Å². The monoisotopic (exact) mass is 541 g/mol. The third-order valence-corrected chi connectivity index (χ3v) is 8.66. The lowest BCUT2D eigenvalue weighted by Crippen LogP contribution is -2.49. The van der Waals surface area contributed by atoms with Crippen molar-refractivity contribution in [1.82, 2.24) is 9.47 Å². The number of carbonyl (C=O) groups is 1. The van der Waals surface area contributed by atoms with Crippen LogP contribution in [0.3, 0.4) is 0 Å². The summed E-state index contributed by atoms with van der Waals surface area (Å²) in [7, 11) is -3.64. The molecule has 9 heteroatoms. The molecule has 0 atom stereocenters. The van der Waals surface area contributed by atoms with Crippen LogP contribution in [0, 0.1) is 0 Å². The maximum absolute atomic E-state index is 13.3. The standard InChI is InChI=1S/C27H25Cl2N3O3S/c28-21-10-8-20(9-11-21)19-36(34,35)26-17-32(25-7-2-1-6-24(25)26)18-27(33)31-14-12-30(13-15-31)23-5-3-4-22(29)16-23/h1-11,16-17H,12-15,18-19H2. The first-order valence-corrected chi connectivity index (χ1v) is 14.0. The zero-order chi connectivity index (χ0) is 25.3. The van der Waals surface area contributed by atoms with Crippen molar-refractivity contribution in [3.8, 4) is 0 Å². The molecule has 1 aliphatic heterocycles. The molecule has 5 rings (SSSR count). The second-order valence-corrected chi connectivity index (χ2v) is 11.7. The molecule has 1 amide bonds. The number of amides is 1. The van der Waals surface area contributed by atoms with Gasteiger partial charge in [0.25, 0.3) is 0 Å². The molecule has 1 saturated heterocycles. The summed E-state index contributed by atoms with van der Waals surface area (Å²) in [5.74, 6) is -0.180. The lowest BCUT2D eigenvalue weighted by Gasteiger charge is -2.36. The van der Waals surface area contributed by atoms with Gasteiger partial charge >= 0.3 is 0 Å². The minimum atomic E-state index is -3.64. The van der Waals surface area contributed by atoms with Gasteiger partial charge in [-0.1, -0.05) is 59.6 Å². The van der Waals surface area contributed by atoms with Crippen LogP contribution in [0.5, 0.6) is 0 Å². The summed E-state index contributed by atoms with van der Waals surface area (Å²) in [5.41, 5.74) is 2.42. The van der Waals surface area contributed by atoms with E-state index in [0.29, 0.717) is 47.2 Å². The van der Waals surface area contributed by atoms with Crippen LogP contribution in [0.4, 0.5) is 5.69 Å². The van der Waals surface area contributed by atoms with Crippen molar-refractivity contribution in [2.45, 2.75) is 17.2 Å². The largest absolute Gasteiger partial charge is 0.368 e. The minimum Gasteiger partial charge on any atom is -0.368 e. The van der Waals surface area contributed by atoms with Crippen molar-refractivity contribution in [3.05, 3.63) is 94.6 Å². The number of halogens is 2. The van der Waals surface area contributed by atoms with Crippen LogP contribution in [0.1, 0.15) is 5.56 Å². The van der Waals surface area contributed by atoms with Crippen LogP contribution in [-0.4, -0.2) is 50.0 Å².